The molecule has 1 saturated heterocycles. The zero-order chi connectivity index (χ0) is 20.3. The van der Waals surface area contributed by atoms with Gasteiger partial charge >= 0.3 is 5.97 Å². The third-order valence-electron chi connectivity index (χ3n) is 4.76. The number of sulfonamides is 1. The highest BCUT2D eigenvalue weighted by Gasteiger charge is 2.22. The lowest BCUT2D eigenvalue weighted by atomic mass is 10.2. The van der Waals surface area contributed by atoms with Gasteiger partial charge in [0, 0.05) is 18.1 Å². The molecule has 1 fully saturated rings. The van der Waals surface area contributed by atoms with E-state index in [1.165, 1.54) is 18.3 Å². The number of nitrogens with zero attached hydrogens (tertiary/aromatic N) is 2. The number of benzene rings is 1. The van der Waals surface area contributed by atoms with Crippen LogP contribution in [0.15, 0.2) is 35.4 Å². The van der Waals surface area contributed by atoms with Gasteiger partial charge in [-0.2, -0.15) is 0 Å². The Hall–Kier alpha value is -2.32. The van der Waals surface area contributed by atoms with Gasteiger partial charge in [0.15, 0.2) is 0 Å². The molecule has 0 amide bonds. The number of rotatable bonds is 5. The Kier molecular flexibility index (Phi) is 6.10. The van der Waals surface area contributed by atoms with Crippen LogP contribution in [0.5, 0.6) is 0 Å². The van der Waals surface area contributed by atoms with Crippen LogP contribution in [0, 0.1) is 6.92 Å². The second kappa shape index (κ2) is 8.36. The van der Waals surface area contributed by atoms with Crippen molar-refractivity contribution in [2.45, 2.75) is 37.5 Å². The molecule has 0 spiro atoms. The van der Waals surface area contributed by atoms with Gasteiger partial charge in [-0.05, 0) is 43.5 Å². The summed E-state index contributed by atoms with van der Waals surface area (Å²) >= 11 is 6.02. The first-order valence-corrected chi connectivity index (χ1v) is 10.9. The zero-order valence-corrected chi connectivity index (χ0v) is 17.1. The first-order chi connectivity index (χ1) is 13.3. The molecule has 9 heteroatoms. The summed E-state index contributed by atoms with van der Waals surface area (Å²) in [6.07, 6.45) is 5.52. The summed E-state index contributed by atoms with van der Waals surface area (Å²) in [7, 11) is -3.93. The molecule has 0 saturated carbocycles. The quantitative estimate of drug-likeness (QED) is 0.755. The molecular formula is C19H22ClN3O4S. The summed E-state index contributed by atoms with van der Waals surface area (Å²) in [6.45, 7) is 3.08. The van der Waals surface area contributed by atoms with Crippen LogP contribution < -0.4 is 9.62 Å². The third kappa shape index (κ3) is 4.39. The largest absolute Gasteiger partial charge is 0.478 e. The van der Waals surface area contributed by atoms with Crippen LogP contribution in [-0.2, 0) is 10.0 Å². The number of anilines is 2. The predicted molar refractivity (Wildman–Crippen MR) is 109 cm³/mol. The SMILES string of the molecule is Cc1c(Cl)cccc1S(=O)(=O)Nc1cnc(N2CCCCCC2)c(C(=O)O)c1. The Morgan fingerprint density at radius 1 is 1.21 bits per heavy atom. The van der Waals surface area contributed by atoms with Crippen LogP contribution in [0.25, 0.3) is 0 Å². The van der Waals surface area contributed by atoms with Crippen LogP contribution in [0.2, 0.25) is 5.02 Å². The molecule has 0 bridgehead atoms. The van der Waals surface area contributed by atoms with Crippen molar-refractivity contribution in [1.29, 1.82) is 0 Å². The summed E-state index contributed by atoms with van der Waals surface area (Å²) in [5, 5.41) is 9.96. The molecule has 0 aliphatic carbocycles. The Morgan fingerprint density at radius 2 is 1.89 bits per heavy atom. The molecule has 0 unspecified atom stereocenters. The molecule has 1 aromatic carbocycles. The van der Waals surface area contributed by atoms with Crippen LogP contribution in [0.1, 0.15) is 41.6 Å². The molecule has 7 nitrogen and oxygen atoms in total. The fourth-order valence-electron chi connectivity index (χ4n) is 3.29. The number of halogens is 1. The lowest BCUT2D eigenvalue weighted by Gasteiger charge is -2.23. The lowest BCUT2D eigenvalue weighted by molar-refractivity contribution is 0.0697. The van der Waals surface area contributed by atoms with Crippen molar-refractivity contribution >= 4 is 39.1 Å². The maximum absolute atomic E-state index is 12.7. The molecule has 0 radical (unpaired) electrons. The van der Waals surface area contributed by atoms with E-state index in [1.54, 1.807) is 19.1 Å². The maximum Gasteiger partial charge on any atom is 0.339 e. The minimum atomic E-state index is -3.93. The van der Waals surface area contributed by atoms with E-state index in [0.717, 1.165) is 38.8 Å². The Labute approximate surface area is 169 Å². The molecule has 1 aromatic heterocycles. The number of aromatic nitrogens is 1. The summed E-state index contributed by atoms with van der Waals surface area (Å²) in [5.41, 5.74) is 0.490. The average molecular weight is 424 g/mol. The summed E-state index contributed by atoms with van der Waals surface area (Å²) in [4.78, 5) is 18.0. The van der Waals surface area contributed by atoms with Crippen LogP contribution in [0.3, 0.4) is 0 Å². The minimum absolute atomic E-state index is 0.0232. The third-order valence-corrected chi connectivity index (χ3v) is 6.70. The van der Waals surface area contributed by atoms with Gasteiger partial charge in [-0.15, -0.1) is 0 Å². The van der Waals surface area contributed by atoms with Crippen molar-refractivity contribution in [3.8, 4) is 0 Å². The smallest absolute Gasteiger partial charge is 0.339 e. The minimum Gasteiger partial charge on any atom is -0.478 e. The van der Waals surface area contributed by atoms with Gasteiger partial charge < -0.3 is 10.0 Å². The molecule has 2 aromatic rings. The van der Waals surface area contributed by atoms with Crippen LogP contribution in [-0.4, -0.2) is 37.6 Å². The standard InChI is InChI=1S/C19H22ClN3O4S/c1-13-16(20)7-6-8-17(13)28(26,27)22-14-11-15(19(24)25)18(21-12-14)23-9-4-2-3-5-10-23/h6-8,11-12,22H,2-5,9-10H2,1H3,(H,24,25). The summed E-state index contributed by atoms with van der Waals surface area (Å²) in [5.74, 6) is -0.775. The van der Waals surface area contributed by atoms with Crippen LogP contribution >= 0.6 is 11.6 Å². The maximum atomic E-state index is 12.7. The van der Waals surface area contributed by atoms with E-state index in [-0.39, 0.29) is 16.1 Å². The highest BCUT2D eigenvalue weighted by atomic mass is 35.5. The van der Waals surface area contributed by atoms with Gasteiger partial charge in [0.05, 0.1) is 16.8 Å². The Balaban J connectivity index is 1.93. The predicted octanol–water partition coefficient (Wildman–Crippen LogP) is 3.92. The molecular weight excluding hydrogens is 402 g/mol. The molecule has 2 heterocycles. The Morgan fingerprint density at radius 3 is 2.54 bits per heavy atom. The molecule has 150 valence electrons. The number of nitrogens with one attached hydrogen (secondary N) is 1. The lowest BCUT2D eigenvalue weighted by Crippen LogP contribution is -2.27. The highest BCUT2D eigenvalue weighted by Crippen LogP contribution is 2.27. The van der Waals surface area contributed by atoms with E-state index in [9.17, 15) is 18.3 Å². The van der Waals surface area contributed by atoms with Gasteiger partial charge in [0.25, 0.3) is 10.0 Å². The van der Waals surface area contributed by atoms with Crippen molar-refractivity contribution in [2.75, 3.05) is 22.7 Å². The number of carboxylic acid groups (broad SMARTS) is 1. The van der Waals surface area contributed by atoms with E-state index in [4.69, 9.17) is 11.6 Å². The average Bonchev–Trinajstić information content (AvgIpc) is 2.92. The molecule has 0 atom stereocenters. The normalized spacial score (nSPS) is 15.1. The second-order valence-corrected chi connectivity index (χ2v) is 8.83. The van der Waals surface area contributed by atoms with Crippen molar-refractivity contribution in [3.63, 3.8) is 0 Å². The fourth-order valence-corrected chi connectivity index (χ4v) is 4.83. The number of hydrogen-bond donors (Lipinski definition) is 2. The molecule has 28 heavy (non-hydrogen) atoms. The monoisotopic (exact) mass is 423 g/mol. The van der Waals surface area contributed by atoms with Crippen molar-refractivity contribution in [1.82, 2.24) is 4.98 Å². The van der Waals surface area contributed by atoms with E-state index >= 15 is 0 Å². The second-order valence-electron chi connectivity index (χ2n) is 6.77. The molecule has 1 aliphatic heterocycles. The fraction of sp³-hybridized carbons (Fsp3) is 0.368. The van der Waals surface area contributed by atoms with Gasteiger partial charge in [0.1, 0.15) is 11.4 Å². The number of carbonyl (C=O) groups is 1. The van der Waals surface area contributed by atoms with Crippen molar-refractivity contribution < 1.29 is 18.3 Å². The van der Waals surface area contributed by atoms with Crippen molar-refractivity contribution in [3.05, 3.63) is 46.6 Å². The molecule has 1 aliphatic rings. The van der Waals surface area contributed by atoms with Gasteiger partial charge in [-0.1, -0.05) is 30.5 Å². The first-order valence-electron chi connectivity index (χ1n) is 9.06. The molecule has 3 rings (SSSR count). The summed E-state index contributed by atoms with van der Waals surface area (Å²) in [6, 6.07) is 5.91. The zero-order valence-electron chi connectivity index (χ0n) is 15.5. The number of carboxylic acids is 1. The van der Waals surface area contributed by atoms with E-state index in [1.807, 2.05) is 4.90 Å². The van der Waals surface area contributed by atoms with E-state index in [0.29, 0.717) is 16.4 Å². The number of pyridine rings is 1. The molecule has 2 N–H and O–H groups in total. The highest BCUT2D eigenvalue weighted by molar-refractivity contribution is 7.92. The van der Waals surface area contributed by atoms with Crippen molar-refractivity contribution in [2.24, 2.45) is 0 Å². The summed E-state index contributed by atoms with van der Waals surface area (Å²) < 4.78 is 27.9. The van der Waals surface area contributed by atoms with E-state index in [2.05, 4.69) is 9.71 Å². The van der Waals surface area contributed by atoms with E-state index < -0.39 is 16.0 Å². The Bertz CT molecular complexity index is 987. The number of hydrogen-bond acceptors (Lipinski definition) is 5. The van der Waals surface area contributed by atoms with Gasteiger partial charge in [0.2, 0.25) is 0 Å². The number of aromatic carboxylic acids is 1. The van der Waals surface area contributed by atoms with Gasteiger partial charge in [-0.3, -0.25) is 4.72 Å². The van der Waals surface area contributed by atoms with Gasteiger partial charge in [-0.25, -0.2) is 18.2 Å². The van der Waals surface area contributed by atoms with Crippen LogP contribution in [0.4, 0.5) is 11.5 Å². The topological polar surface area (TPSA) is 99.6 Å². The first kappa shape index (κ1) is 20.4.